The number of rotatable bonds is 1. The Labute approximate surface area is 74.8 Å². The van der Waals surface area contributed by atoms with Crippen LogP contribution in [0.5, 0.6) is 0 Å². The summed E-state index contributed by atoms with van der Waals surface area (Å²) in [6.45, 7) is 0. The Morgan fingerprint density at radius 2 is 2.07 bits per heavy atom. The van der Waals surface area contributed by atoms with Gasteiger partial charge in [-0.3, -0.25) is 14.3 Å². The van der Waals surface area contributed by atoms with Crippen molar-refractivity contribution < 1.29 is 9.20 Å². The van der Waals surface area contributed by atoms with Crippen molar-refractivity contribution in [3.05, 3.63) is 43.7 Å². The van der Waals surface area contributed by atoms with Crippen LogP contribution >= 0.6 is 0 Å². The fraction of sp³-hybridized carbons (Fsp3) is 0. The quantitative estimate of drug-likeness (QED) is 0.442. The summed E-state index contributed by atoms with van der Waals surface area (Å²) in [6.07, 6.45) is 2.19. The molecule has 2 rings (SSSR count). The Morgan fingerprint density at radius 3 is 2.64 bits per heavy atom. The predicted octanol–water partition coefficient (Wildman–Crippen LogP) is -2.38. The first-order valence-corrected chi connectivity index (χ1v) is 3.59. The third-order valence-corrected chi connectivity index (χ3v) is 1.54. The largest absolute Gasteiger partial charge is 0.427 e. The fourth-order valence-electron chi connectivity index (χ4n) is 0.953. The molecule has 0 unspecified atom stereocenters. The van der Waals surface area contributed by atoms with Crippen molar-refractivity contribution >= 4 is 0 Å². The fourth-order valence-corrected chi connectivity index (χ4v) is 0.953. The molecule has 8 heteroatoms. The Hall–Kier alpha value is -2.38. The second-order valence-electron chi connectivity index (χ2n) is 2.47. The minimum absolute atomic E-state index is 0.0513. The second kappa shape index (κ2) is 2.83. The summed E-state index contributed by atoms with van der Waals surface area (Å²) in [5.74, 6) is 0. The lowest BCUT2D eigenvalue weighted by atomic mass is 10.5. The lowest BCUT2D eigenvalue weighted by Crippen LogP contribution is -2.41. The Bertz CT molecular complexity index is 615. The second-order valence-corrected chi connectivity index (χ2v) is 2.47. The molecular formula is C6H5N4O4+. The van der Waals surface area contributed by atoms with Gasteiger partial charge in [0.05, 0.1) is 6.20 Å². The molecule has 0 aliphatic carbocycles. The molecule has 0 aliphatic rings. The highest BCUT2D eigenvalue weighted by Gasteiger charge is 2.15. The van der Waals surface area contributed by atoms with Crippen LogP contribution in [0.1, 0.15) is 0 Å². The van der Waals surface area contributed by atoms with Gasteiger partial charge in [-0.2, -0.15) is 0 Å². The summed E-state index contributed by atoms with van der Waals surface area (Å²) < 4.78 is 5.39. The van der Waals surface area contributed by atoms with E-state index >= 15 is 0 Å². The number of nitrogens with zero attached hydrogens (tertiary/aromatic N) is 1. The highest BCUT2D eigenvalue weighted by molar-refractivity contribution is 5.09. The SMILES string of the molecule is O=c1[nH]cc(-[n+]2cc(=O)o[nH]2)c(=O)[nH]1. The van der Waals surface area contributed by atoms with E-state index < -0.39 is 16.9 Å². The van der Waals surface area contributed by atoms with E-state index in [1.54, 1.807) is 0 Å². The predicted molar refractivity (Wildman–Crippen MR) is 42.1 cm³/mol. The zero-order valence-corrected chi connectivity index (χ0v) is 6.73. The van der Waals surface area contributed by atoms with Crippen molar-refractivity contribution in [2.45, 2.75) is 0 Å². The molecule has 0 aromatic carbocycles. The van der Waals surface area contributed by atoms with E-state index in [0.717, 1.165) is 17.1 Å². The summed E-state index contributed by atoms with van der Waals surface area (Å²) in [7, 11) is 0. The minimum Gasteiger partial charge on any atom is -0.308 e. The molecule has 2 aromatic heterocycles. The molecule has 14 heavy (non-hydrogen) atoms. The molecule has 0 spiro atoms. The Kier molecular flexibility index (Phi) is 1.67. The van der Waals surface area contributed by atoms with E-state index in [9.17, 15) is 14.4 Å². The number of aromatic amines is 3. The van der Waals surface area contributed by atoms with Gasteiger partial charge >= 0.3 is 22.6 Å². The molecular weight excluding hydrogens is 192 g/mol. The first-order valence-electron chi connectivity index (χ1n) is 3.59. The number of hydrogen-bond donors (Lipinski definition) is 3. The molecule has 2 heterocycles. The van der Waals surface area contributed by atoms with Crippen molar-refractivity contribution in [2.24, 2.45) is 0 Å². The summed E-state index contributed by atoms with van der Waals surface area (Å²) in [5.41, 5.74) is -1.83. The van der Waals surface area contributed by atoms with Crippen LogP contribution in [0.3, 0.4) is 0 Å². The highest BCUT2D eigenvalue weighted by Crippen LogP contribution is 1.77. The zero-order valence-electron chi connectivity index (χ0n) is 6.73. The summed E-state index contributed by atoms with van der Waals surface area (Å²) in [4.78, 5) is 36.7. The van der Waals surface area contributed by atoms with Gasteiger partial charge in [0.15, 0.2) is 0 Å². The maximum Gasteiger partial charge on any atom is 0.427 e. The molecule has 0 aliphatic heterocycles. The monoisotopic (exact) mass is 197 g/mol. The molecule has 3 N–H and O–H groups in total. The van der Waals surface area contributed by atoms with Gasteiger partial charge < -0.3 is 4.98 Å². The third-order valence-electron chi connectivity index (χ3n) is 1.54. The van der Waals surface area contributed by atoms with Gasteiger partial charge in [-0.15, -0.1) is 0 Å². The van der Waals surface area contributed by atoms with E-state index in [1.165, 1.54) is 0 Å². The topological polar surface area (TPSA) is 116 Å². The van der Waals surface area contributed by atoms with Crippen molar-refractivity contribution in [1.29, 1.82) is 0 Å². The standard InChI is InChI=1S/C6H4N4O4/c11-4-2-10(9-14-4)3-1-7-6(13)8-5(3)12/h1-2H,(H2-,7,8,9,11,12,13)/p+1. The molecule has 72 valence electrons. The zero-order chi connectivity index (χ0) is 10.1. The van der Waals surface area contributed by atoms with Crippen LogP contribution in [0, 0.1) is 0 Å². The molecule has 0 bridgehead atoms. The molecule has 0 amide bonds. The first kappa shape index (κ1) is 8.23. The summed E-state index contributed by atoms with van der Waals surface area (Å²) in [6, 6.07) is 0. The molecule has 8 nitrogen and oxygen atoms in total. The Morgan fingerprint density at radius 1 is 1.29 bits per heavy atom. The number of H-pyrrole nitrogens is 3. The van der Waals surface area contributed by atoms with Gasteiger partial charge in [-0.05, 0) is 9.95 Å². The molecule has 0 atom stereocenters. The van der Waals surface area contributed by atoms with E-state index in [-0.39, 0.29) is 5.69 Å². The molecule has 0 radical (unpaired) electrons. The van der Waals surface area contributed by atoms with E-state index in [4.69, 9.17) is 0 Å². The molecule has 0 saturated heterocycles. The highest BCUT2D eigenvalue weighted by atomic mass is 16.5. The third kappa shape index (κ3) is 1.28. The average Bonchev–Trinajstić information content (AvgIpc) is 2.51. The van der Waals surface area contributed by atoms with Crippen LogP contribution < -0.4 is 21.6 Å². The van der Waals surface area contributed by atoms with Gasteiger partial charge in [0, 0.05) is 0 Å². The number of nitrogens with one attached hydrogen (secondary N) is 3. The van der Waals surface area contributed by atoms with Crippen LogP contribution in [0.15, 0.2) is 31.3 Å². The number of aromatic nitrogens is 4. The Balaban J connectivity index is 2.69. The lowest BCUT2D eigenvalue weighted by molar-refractivity contribution is -0.671. The first-order chi connectivity index (χ1) is 6.66. The van der Waals surface area contributed by atoms with Crippen LogP contribution in [-0.2, 0) is 0 Å². The van der Waals surface area contributed by atoms with Gasteiger partial charge in [-0.1, -0.05) is 0 Å². The number of hydrogen-bond acceptors (Lipinski definition) is 4. The van der Waals surface area contributed by atoms with Crippen LogP contribution in [0.4, 0.5) is 0 Å². The summed E-state index contributed by atoms with van der Waals surface area (Å²) >= 11 is 0. The van der Waals surface area contributed by atoms with E-state index in [1.807, 2.05) is 4.98 Å². The lowest BCUT2D eigenvalue weighted by Gasteiger charge is -1.85. The molecule has 2 aromatic rings. The maximum absolute atomic E-state index is 11.2. The normalized spacial score (nSPS) is 10.3. The van der Waals surface area contributed by atoms with Crippen LogP contribution in [0.2, 0.25) is 0 Å². The smallest absolute Gasteiger partial charge is 0.308 e. The summed E-state index contributed by atoms with van der Waals surface area (Å²) in [5, 5.41) is 2.17. The minimum atomic E-state index is -0.629. The molecule has 0 saturated carbocycles. The van der Waals surface area contributed by atoms with Crippen LogP contribution in [0.25, 0.3) is 5.69 Å². The van der Waals surface area contributed by atoms with Gasteiger partial charge in [0.25, 0.3) is 6.20 Å². The molecule has 0 fully saturated rings. The van der Waals surface area contributed by atoms with Crippen molar-refractivity contribution in [3.8, 4) is 5.69 Å². The van der Waals surface area contributed by atoms with Crippen molar-refractivity contribution in [1.82, 2.24) is 15.2 Å². The van der Waals surface area contributed by atoms with Gasteiger partial charge in [0.2, 0.25) is 0 Å². The van der Waals surface area contributed by atoms with Gasteiger partial charge in [-0.25, -0.2) is 9.59 Å². The van der Waals surface area contributed by atoms with E-state index in [0.29, 0.717) is 0 Å². The van der Waals surface area contributed by atoms with Crippen molar-refractivity contribution in [2.75, 3.05) is 0 Å². The van der Waals surface area contributed by atoms with Crippen LogP contribution in [-0.4, -0.2) is 15.2 Å². The van der Waals surface area contributed by atoms with Gasteiger partial charge in [0.1, 0.15) is 0 Å². The average molecular weight is 197 g/mol. The van der Waals surface area contributed by atoms with Crippen molar-refractivity contribution in [3.63, 3.8) is 0 Å². The maximum atomic E-state index is 11.2. The van der Waals surface area contributed by atoms with E-state index in [2.05, 4.69) is 14.8 Å².